The lowest BCUT2D eigenvalue weighted by atomic mass is 9.95. The Bertz CT molecular complexity index is 1260. The van der Waals surface area contributed by atoms with Crippen LogP contribution < -0.4 is 10.6 Å². The predicted octanol–water partition coefficient (Wildman–Crippen LogP) is 5.61. The Kier molecular flexibility index (Phi) is 8.33. The fourth-order valence-electron chi connectivity index (χ4n) is 5.02. The minimum atomic E-state index is -0.590. The first-order valence-electron chi connectivity index (χ1n) is 13.2. The third-order valence-corrected chi connectivity index (χ3v) is 7.87. The second kappa shape index (κ2) is 12.2. The molecule has 2 aromatic carbocycles. The molecule has 38 heavy (non-hydrogen) atoms. The number of hydrogen-bond acceptors (Lipinski definition) is 6. The normalized spacial score (nSPS) is 17.7. The number of rotatable bonds is 7. The standard InChI is InChI=1S/C29H32N4O4S/c34-26(30-23-10-5-2-6-11-23)22-15-13-21(14-16-22)24-19-38-28(31-24)32-27(35)25-12-7-17-33(25)29(36)37-18-20-8-3-1-4-9-20/h1,3-4,8-9,13-16,19,23,25H,2,5-7,10-12,17-18H2,(H,30,34)(H,31,32,35)/t25-/m0/s1. The monoisotopic (exact) mass is 532 g/mol. The van der Waals surface area contributed by atoms with E-state index in [4.69, 9.17) is 4.74 Å². The van der Waals surface area contributed by atoms with Gasteiger partial charge in [0.25, 0.3) is 5.91 Å². The molecule has 1 atom stereocenters. The van der Waals surface area contributed by atoms with Crippen LogP contribution in [0.4, 0.5) is 9.93 Å². The van der Waals surface area contributed by atoms with E-state index in [9.17, 15) is 14.4 Å². The minimum Gasteiger partial charge on any atom is -0.445 e. The molecule has 1 aromatic heterocycles. The first-order valence-corrected chi connectivity index (χ1v) is 14.1. The molecule has 2 aliphatic rings. The number of nitrogens with zero attached hydrogens (tertiary/aromatic N) is 2. The number of carbonyl (C=O) groups excluding carboxylic acids is 3. The molecule has 5 rings (SSSR count). The van der Waals surface area contributed by atoms with E-state index in [-0.39, 0.29) is 24.5 Å². The second-order valence-corrected chi connectivity index (χ2v) is 10.7. The van der Waals surface area contributed by atoms with Gasteiger partial charge in [0.15, 0.2) is 5.13 Å². The van der Waals surface area contributed by atoms with Gasteiger partial charge in [0.1, 0.15) is 12.6 Å². The number of anilines is 1. The van der Waals surface area contributed by atoms with E-state index in [1.54, 1.807) is 0 Å². The lowest BCUT2D eigenvalue weighted by molar-refractivity contribution is -0.120. The Hall–Kier alpha value is -3.72. The number of ether oxygens (including phenoxy) is 1. The van der Waals surface area contributed by atoms with Crippen LogP contribution in [0.2, 0.25) is 0 Å². The van der Waals surface area contributed by atoms with Crippen molar-refractivity contribution in [3.05, 3.63) is 71.1 Å². The Balaban J connectivity index is 1.15. The number of thiazole rings is 1. The predicted molar refractivity (Wildman–Crippen MR) is 147 cm³/mol. The van der Waals surface area contributed by atoms with Gasteiger partial charge in [-0.2, -0.15) is 0 Å². The molecular formula is C29H32N4O4S. The lowest BCUT2D eigenvalue weighted by Crippen LogP contribution is -2.43. The van der Waals surface area contributed by atoms with Crippen molar-refractivity contribution in [1.82, 2.24) is 15.2 Å². The van der Waals surface area contributed by atoms with Crippen molar-refractivity contribution in [1.29, 1.82) is 0 Å². The highest BCUT2D eigenvalue weighted by molar-refractivity contribution is 7.14. The number of likely N-dealkylation sites (tertiary alicyclic amines) is 1. The summed E-state index contributed by atoms with van der Waals surface area (Å²) >= 11 is 1.33. The zero-order chi connectivity index (χ0) is 26.3. The summed E-state index contributed by atoms with van der Waals surface area (Å²) in [6, 6.07) is 16.5. The van der Waals surface area contributed by atoms with Gasteiger partial charge in [-0.1, -0.05) is 61.7 Å². The first-order chi connectivity index (χ1) is 18.6. The van der Waals surface area contributed by atoms with E-state index >= 15 is 0 Å². The summed E-state index contributed by atoms with van der Waals surface area (Å²) in [5.41, 5.74) is 3.11. The van der Waals surface area contributed by atoms with Crippen LogP contribution in [-0.4, -0.2) is 46.4 Å². The first kappa shape index (κ1) is 25.9. The van der Waals surface area contributed by atoms with Gasteiger partial charge >= 0.3 is 6.09 Å². The van der Waals surface area contributed by atoms with Crippen LogP contribution in [0.5, 0.6) is 0 Å². The molecule has 1 aliphatic carbocycles. The van der Waals surface area contributed by atoms with Crippen LogP contribution >= 0.6 is 11.3 Å². The molecule has 0 spiro atoms. The molecule has 2 N–H and O–H groups in total. The van der Waals surface area contributed by atoms with Gasteiger partial charge in [-0.25, -0.2) is 9.78 Å². The van der Waals surface area contributed by atoms with Crippen LogP contribution in [0.1, 0.15) is 60.9 Å². The smallest absolute Gasteiger partial charge is 0.410 e. The van der Waals surface area contributed by atoms with Crippen LogP contribution in [0.25, 0.3) is 11.3 Å². The Morgan fingerprint density at radius 3 is 2.47 bits per heavy atom. The maximum absolute atomic E-state index is 13.0. The average Bonchev–Trinajstić information content (AvgIpc) is 3.63. The quantitative estimate of drug-likeness (QED) is 0.412. The van der Waals surface area contributed by atoms with Gasteiger partial charge in [-0.05, 0) is 43.4 Å². The molecule has 3 aromatic rings. The Morgan fingerprint density at radius 2 is 1.71 bits per heavy atom. The molecular weight excluding hydrogens is 500 g/mol. The molecule has 0 unspecified atom stereocenters. The van der Waals surface area contributed by atoms with Crippen LogP contribution in [0, 0.1) is 0 Å². The third-order valence-electron chi connectivity index (χ3n) is 7.11. The van der Waals surface area contributed by atoms with Gasteiger partial charge in [0.05, 0.1) is 5.69 Å². The number of amides is 3. The van der Waals surface area contributed by atoms with E-state index < -0.39 is 12.1 Å². The van der Waals surface area contributed by atoms with Gasteiger partial charge in [-0.3, -0.25) is 14.5 Å². The van der Waals surface area contributed by atoms with Gasteiger partial charge in [-0.15, -0.1) is 11.3 Å². The molecule has 1 saturated heterocycles. The molecule has 1 saturated carbocycles. The summed E-state index contributed by atoms with van der Waals surface area (Å²) in [5.74, 6) is -0.312. The summed E-state index contributed by atoms with van der Waals surface area (Å²) in [6.07, 6.45) is 6.51. The SMILES string of the molecule is O=C(NC1CCCCC1)c1ccc(-c2csc(NC(=O)[C@@H]3CCCN3C(=O)OCc3ccccc3)n2)cc1. The topological polar surface area (TPSA) is 101 Å². The van der Waals surface area contributed by atoms with E-state index in [2.05, 4.69) is 15.6 Å². The van der Waals surface area contributed by atoms with Gasteiger partial charge in [0.2, 0.25) is 5.91 Å². The van der Waals surface area contributed by atoms with E-state index in [0.717, 1.165) is 36.1 Å². The Morgan fingerprint density at radius 1 is 0.947 bits per heavy atom. The van der Waals surface area contributed by atoms with Gasteiger partial charge in [0, 0.05) is 29.1 Å². The number of benzene rings is 2. The van der Waals surface area contributed by atoms with Gasteiger partial charge < -0.3 is 15.4 Å². The van der Waals surface area contributed by atoms with Crippen molar-refractivity contribution in [2.45, 2.75) is 63.6 Å². The summed E-state index contributed by atoms with van der Waals surface area (Å²) < 4.78 is 5.44. The van der Waals surface area contributed by atoms with E-state index in [1.165, 1.54) is 35.5 Å². The number of aromatic nitrogens is 1. The fourth-order valence-corrected chi connectivity index (χ4v) is 5.74. The van der Waals surface area contributed by atoms with Crippen molar-refractivity contribution in [2.75, 3.05) is 11.9 Å². The Labute approximate surface area is 226 Å². The van der Waals surface area contributed by atoms with Crippen molar-refractivity contribution in [3.8, 4) is 11.3 Å². The highest BCUT2D eigenvalue weighted by Crippen LogP contribution is 2.27. The number of carbonyl (C=O) groups is 3. The van der Waals surface area contributed by atoms with E-state index in [1.807, 2.05) is 60.0 Å². The third kappa shape index (κ3) is 6.39. The molecule has 8 nitrogen and oxygen atoms in total. The summed E-state index contributed by atoms with van der Waals surface area (Å²) in [7, 11) is 0. The molecule has 198 valence electrons. The maximum Gasteiger partial charge on any atom is 0.410 e. The zero-order valence-electron chi connectivity index (χ0n) is 21.2. The largest absolute Gasteiger partial charge is 0.445 e. The molecule has 3 amide bonds. The lowest BCUT2D eigenvalue weighted by Gasteiger charge is -2.22. The van der Waals surface area contributed by atoms with E-state index in [0.29, 0.717) is 23.7 Å². The molecule has 1 aliphatic heterocycles. The fraction of sp³-hybridized carbons (Fsp3) is 0.379. The maximum atomic E-state index is 13.0. The van der Waals surface area contributed by atoms with Crippen molar-refractivity contribution in [2.24, 2.45) is 0 Å². The average molecular weight is 533 g/mol. The van der Waals surface area contributed by atoms with Crippen molar-refractivity contribution >= 4 is 34.4 Å². The van der Waals surface area contributed by atoms with Crippen LogP contribution in [0.3, 0.4) is 0 Å². The van der Waals surface area contributed by atoms with Crippen molar-refractivity contribution < 1.29 is 19.1 Å². The molecule has 0 bridgehead atoms. The molecule has 9 heteroatoms. The number of hydrogen-bond donors (Lipinski definition) is 2. The minimum absolute atomic E-state index is 0.0434. The highest BCUT2D eigenvalue weighted by Gasteiger charge is 2.35. The van der Waals surface area contributed by atoms with Crippen LogP contribution in [-0.2, 0) is 16.1 Å². The zero-order valence-corrected chi connectivity index (χ0v) is 22.0. The van der Waals surface area contributed by atoms with Crippen LogP contribution in [0.15, 0.2) is 60.0 Å². The second-order valence-electron chi connectivity index (χ2n) is 9.80. The molecule has 0 radical (unpaired) electrons. The molecule has 2 heterocycles. The molecule has 2 fully saturated rings. The summed E-state index contributed by atoms with van der Waals surface area (Å²) in [4.78, 5) is 44.3. The summed E-state index contributed by atoms with van der Waals surface area (Å²) in [6.45, 7) is 0.650. The summed E-state index contributed by atoms with van der Waals surface area (Å²) in [5, 5.41) is 8.33. The van der Waals surface area contributed by atoms with Crippen molar-refractivity contribution in [3.63, 3.8) is 0 Å². The highest BCUT2D eigenvalue weighted by atomic mass is 32.1. The number of nitrogens with one attached hydrogen (secondary N) is 2.